The van der Waals surface area contributed by atoms with Gasteiger partial charge in [-0.05, 0) is 60.3 Å². The molecule has 3 rings (SSSR count). The van der Waals surface area contributed by atoms with Gasteiger partial charge in [-0.15, -0.1) is 18.3 Å². The van der Waals surface area contributed by atoms with Gasteiger partial charge in [-0.3, -0.25) is 14.4 Å². The third kappa shape index (κ3) is 3.87. The van der Waals surface area contributed by atoms with Crippen LogP contribution >= 0.6 is 11.8 Å². The molecule has 3 aliphatic heterocycles. The zero-order valence-corrected chi connectivity index (χ0v) is 20.9. The molecule has 0 aliphatic carbocycles. The fourth-order valence-electron chi connectivity index (χ4n) is 5.90. The second-order valence-electron chi connectivity index (χ2n) is 10.4. The van der Waals surface area contributed by atoms with Gasteiger partial charge in [-0.25, -0.2) is 0 Å². The number of rotatable bonds is 9. The summed E-state index contributed by atoms with van der Waals surface area (Å²) in [6, 6.07) is -0.635. The van der Waals surface area contributed by atoms with Crippen molar-refractivity contribution in [3.05, 3.63) is 12.7 Å². The smallest absolute Gasteiger partial charge is 0.311 e. The summed E-state index contributed by atoms with van der Waals surface area (Å²) in [5.41, 5.74) is -0.439. The van der Waals surface area contributed by atoms with Crippen LogP contribution in [0.4, 0.5) is 0 Å². The molecule has 8 heteroatoms. The molecule has 0 saturated carbocycles. The van der Waals surface area contributed by atoms with E-state index in [0.29, 0.717) is 25.9 Å². The van der Waals surface area contributed by atoms with Gasteiger partial charge in [0, 0.05) is 30.0 Å². The van der Waals surface area contributed by atoms with Crippen LogP contribution in [0, 0.1) is 11.8 Å². The molecule has 3 fully saturated rings. The second-order valence-corrected chi connectivity index (χ2v) is 12.2. The lowest BCUT2D eigenvalue weighted by molar-refractivity contribution is -0.155. The summed E-state index contributed by atoms with van der Waals surface area (Å²) in [6.45, 7) is 14.7. The number of likely N-dealkylation sites (tertiary alicyclic amines) is 1. The highest BCUT2D eigenvalue weighted by Gasteiger charge is 2.77. The number of amides is 2. The van der Waals surface area contributed by atoms with Crippen LogP contribution in [0.3, 0.4) is 0 Å². The van der Waals surface area contributed by atoms with Crippen molar-refractivity contribution in [3.8, 4) is 0 Å². The lowest BCUT2D eigenvalue weighted by Gasteiger charge is -2.42. The number of esters is 1. The van der Waals surface area contributed by atoms with Crippen molar-refractivity contribution in [3.63, 3.8) is 0 Å². The minimum atomic E-state index is -0.635. The summed E-state index contributed by atoms with van der Waals surface area (Å²) >= 11 is 1.66. The van der Waals surface area contributed by atoms with Gasteiger partial charge >= 0.3 is 5.97 Å². The molecule has 2 unspecified atom stereocenters. The van der Waals surface area contributed by atoms with Crippen LogP contribution in [0.5, 0.6) is 0 Å². The summed E-state index contributed by atoms with van der Waals surface area (Å²) in [5.74, 6) is -1.64. The first-order valence-electron chi connectivity index (χ1n) is 11.7. The second kappa shape index (κ2) is 9.01. The number of hydrogen-bond acceptors (Lipinski definition) is 6. The van der Waals surface area contributed by atoms with Gasteiger partial charge < -0.3 is 19.6 Å². The van der Waals surface area contributed by atoms with E-state index in [1.54, 1.807) is 34.6 Å². The summed E-state index contributed by atoms with van der Waals surface area (Å²) in [6.07, 6.45) is 4.38. The van der Waals surface area contributed by atoms with Gasteiger partial charge in [0.1, 0.15) is 6.04 Å². The van der Waals surface area contributed by atoms with Crippen LogP contribution in [0.1, 0.15) is 60.3 Å². The number of ether oxygens (including phenoxy) is 1. The molecule has 5 atom stereocenters. The van der Waals surface area contributed by atoms with Crippen molar-refractivity contribution in [1.82, 2.24) is 9.80 Å². The van der Waals surface area contributed by atoms with Crippen molar-refractivity contribution in [2.24, 2.45) is 11.8 Å². The van der Waals surface area contributed by atoms with E-state index in [2.05, 4.69) is 6.58 Å². The van der Waals surface area contributed by atoms with Crippen LogP contribution in [0.2, 0.25) is 0 Å². The van der Waals surface area contributed by atoms with E-state index in [4.69, 9.17) is 4.74 Å². The highest BCUT2D eigenvalue weighted by molar-refractivity contribution is 8.02. The van der Waals surface area contributed by atoms with E-state index >= 15 is 0 Å². The maximum absolute atomic E-state index is 14.1. The molecule has 2 bridgehead atoms. The number of thioether (sulfide) groups is 1. The Labute approximate surface area is 195 Å². The molecule has 0 radical (unpaired) electrons. The van der Waals surface area contributed by atoms with Gasteiger partial charge in [-0.2, -0.15) is 0 Å². The van der Waals surface area contributed by atoms with E-state index in [0.717, 1.165) is 12.8 Å². The van der Waals surface area contributed by atoms with Crippen molar-refractivity contribution in [2.45, 2.75) is 81.4 Å². The standard InChI is InChI=1S/C24H38N2O5S/c1-7-13-26(22(3,4)5)20(29)18-24-12-11-23(6,32-24)17(21(30)31-8-2)16(24)19(28)25(18)14-9-10-15-27/h7,16-18,27H,1,8-15H2,2-6H3/t16-,17-,18?,23+,24?/m0/s1. The summed E-state index contributed by atoms with van der Waals surface area (Å²) < 4.78 is 4.36. The van der Waals surface area contributed by atoms with Gasteiger partial charge in [0.15, 0.2) is 0 Å². The van der Waals surface area contributed by atoms with Crippen LogP contribution in [0.15, 0.2) is 12.7 Å². The average molecular weight is 467 g/mol. The summed E-state index contributed by atoms with van der Waals surface area (Å²) in [7, 11) is 0. The Morgan fingerprint density at radius 1 is 1.34 bits per heavy atom. The minimum Gasteiger partial charge on any atom is -0.466 e. The number of nitrogens with zero attached hydrogens (tertiary/aromatic N) is 2. The number of carbonyl (C=O) groups excluding carboxylic acids is 3. The van der Waals surface area contributed by atoms with Crippen molar-refractivity contribution in [2.75, 3.05) is 26.3 Å². The predicted octanol–water partition coefficient (Wildman–Crippen LogP) is 2.62. The van der Waals surface area contributed by atoms with Crippen molar-refractivity contribution >= 4 is 29.5 Å². The highest BCUT2D eigenvalue weighted by atomic mass is 32.2. The van der Waals surface area contributed by atoms with Gasteiger partial charge in [0.05, 0.1) is 23.2 Å². The maximum atomic E-state index is 14.1. The lowest BCUT2D eigenvalue weighted by atomic mass is 9.66. The molecule has 32 heavy (non-hydrogen) atoms. The zero-order valence-electron chi connectivity index (χ0n) is 20.1. The molecule has 1 spiro atoms. The number of unbranched alkanes of at least 4 members (excludes halogenated alkanes) is 1. The Balaban J connectivity index is 2.07. The number of aliphatic hydroxyl groups excluding tert-OH is 1. The third-order valence-electron chi connectivity index (χ3n) is 7.25. The molecule has 2 amide bonds. The lowest BCUT2D eigenvalue weighted by Crippen LogP contribution is -2.58. The predicted molar refractivity (Wildman–Crippen MR) is 125 cm³/mol. The first-order valence-corrected chi connectivity index (χ1v) is 12.5. The van der Waals surface area contributed by atoms with Crippen LogP contribution in [-0.4, -0.2) is 80.1 Å². The molecule has 7 nitrogen and oxygen atoms in total. The topological polar surface area (TPSA) is 87.2 Å². The molecule has 3 aliphatic rings. The van der Waals surface area contributed by atoms with E-state index in [-0.39, 0.29) is 31.0 Å². The summed E-state index contributed by atoms with van der Waals surface area (Å²) in [5, 5.41) is 9.26. The SMILES string of the molecule is C=CCN(C(=O)C1N(CCCCO)C(=O)[C@@H]2[C@@H](C(=O)OCC)[C@@]3(C)CCC12S3)C(C)(C)C. The first-order chi connectivity index (χ1) is 15.0. The van der Waals surface area contributed by atoms with E-state index < -0.39 is 32.9 Å². The van der Waals surface area contributed by atoms with Crippen LogP contribution in [0.25, 0.3) is 0 Å². The largest absolute Gasteiger partial charge is 0.466 e. The zero-order chi connectivity index (χ0) is 23.9. The van der Waals surface area contributed by atoms with E-state index in [1.807, 2.05) is 27.7 Å². The maximum Gasteiger partial charge on any atom is 0.311 e. The van der Waals surface area contributed by atoms with E-state index in [1.165, 1.54) is 0 Å². The van der Waals surface area contributed by atoms with Gasteiger partial charge in [0.25, 0.3) is 0 Å². The van der Waals surface area contributed by atoms with Gasteiger partial charge in [0.2, 0.25) is 11.8 Å². The number of hydrogen-bond donors (Lipinski definition) is 1. The molecule has 3 heterocycles. The van der Waals surface area contributed by atoms with E-state index in [9.17, 15) is 19.5 Å². The fourth-order valence-corrected chi connectivity index (χ4v) is 8.24. The molecule has 0 aromatic heterocycles. The Bertz CT molecular complexity index is 781. The Hall–Kier alpha value is -1.54. The Morgan fingerprint density at radius 3 is 2.59 bits per heavy atom. The molecule has 3 saturated heterocycles. The average Bonchev–Trinajstić information content (AvgIpc) is 3.26. The number of carbonyl (C=O) groups is 3. The molecular formula is C24H38N2O5S. The minimum absolute atomic E-state index is 0.0397. The van der Waals surface area contributed by atoms with Crippen molar-refractivity contribution in [1.29, 1.82) is 0 Å². The van der Waals surface area contributed by atoms with Gasteiger partial charge in [-0.1, -0.05) is 6.08 Å². The normalized spacial score (nSPS) is 33.4. The fraction of sp³-hybridized carbons (Fsp3) is 0.792. The molecule has 0 aromatic carbocycles. The van der Waals surface area contributed by atoms with Crippen LogP contribution < -0.4 is 0 Å². The monoisotopic (exact) mass is 466 g/mol. The highest BCUT2D eigenvalue weighted by Crippen LogP contribution is 2.71. The Morgan fingerprint density at radius 2 is 2.03 bits per heavy atom. The Kier molecular flexibility index (Phi) is 7.06. The summed E-state index contributed by atoms with van der Waals surface area (Å²) in [4.78, 5) is 44.4. The molecule has 1 N–H and O–H groups in total. The number of fused-ring (bicyclic) bond motifs is 1. The molecule has 180 valence electrons. The molecular weight excluding hydrogens is 428 g/mol. The number of aliphatic hydroxyl groups is 1. The first kappa shape index (κ1) is 25.1. The third-order valence-corrected chi connectivity index (χ3v) is 9.23. The quantitative estimate of drug-likeness (QED) is 0.319. The van der Waals surface area contributed by atoms with Crippen molar-refractivity contribution < 1.29 is 24.2 Å². The van der Waals surface area contributed by atoms with Crippen LogP contribution in [-0.2, 0) is 19.1 Å². The molecule has 0 aromatic rings.